The number of methoxy groups -OCH3 is 2. The maximum absolute atomic E-state index is 12.4. The van der Waals surface area contributed by atoms with Gasteiger partial charge in [0.2, 0.25) is 5.78 Å². The van der Waals surface area contributed by atoms with Gasteiger partial charge in [0.1, 0.15) is 11.4 Å². The average Bonchev–Trinajstić information content (AvgIpc) is 2.47. The number of halogens is 2. The lowest BCUT2D eigenvalue weighted by atomic mass is 9.88. The van der Waals surface area contributed by atoms with E-state index in [9.17, 15) is 9.90 Å². The molecule has 0 heterocycles. The van der Waals surface area contributed by atoms with Gasteiger partial charge < -0.3 is 14.6 Å². The highest BCUT2D eigenvalue weighted by molar-refractivity contribution is 6.51. The number of phenols is 1. The summed E-state index contributed by atoms with van der Waals surface area (Å²) in [5.41, 5.74) is 0.448. The van der Waals surface area contributed by atoms with Gasteiger partial charge in [0.25, 0.3) is 0 Å². The van der Waals surface area contributed by atoms with Gasteiger partial charge >= 0.3 is 0 Å². The molecular formula is C16H16Cl2O4. The van der Waals surface area contributed by atoms with Crippen LogP contribution in [0.15, 0.2) is 29.3 Å². The second-order valence-electron chi connectivity index (χ2n) is 5.17. The normalized spacial score (nSPS) is 21.6. The van der Waals surface area contributed by atoms with E-state index in [4.69, 9.17) is 32.7 Å². The largest absolute Gasteiger partial charge is 0.506 e. The molecule has 0 aliphatic heterocycles. The Morgan fingerprint density at radius 2 is 1.91 bits per heavy atom. The monoisotopic (exact) mass is 342 g/mol. The number of benzene rings is 1. The molecule has 1 aliphatic rings. The topological polar surface area (TPSA) is 55.8 Å². The molecule has 1 unspecified atom stereocenters. The summed E-state index contributed by atoms with van der Waals surface area (Å²) >= 11 is 12.1. The molecule has 1 atom stereocenters. The fourth-order valence-corrected chi connectivity index (χ4v) is 2.83. The molecule has 0 saturated heterocycles. The van der Waals surface area contributed by atoms with E-state index in [0.717, 1.165) is 5.56 Å². The highest BCUT2D eigenvalue weighted by Gasteiger charge is 2.31. The Morgan fingerprint density at radius 1 is 1.23 bits per heavy atom. The molecule has 0 radical (unpaired) electrons. The average molecular weight is 343 g/mol. The molecule has 0 bridgehead atoms. The Hall–Kier alpha value is -1.33. The Labute approximate surface area is 138 Å². The first-order valence-electron chi connectivity index (χ1n) is 6.53. The van der Waals surface area contributed by atoms with Crippen molar-refractivity contribution in [3.63, 3.8) is 0 Å². The first-order chi connectivity index (χ1) is 10.3. The molecule has 0 amide bonds. The van der Waals surface area contributed by atoms with E-state index in [1.54, 1.807) is 32.2 Å². The van der Waals surface area contributed by atoms with E-state index in [0.29, 0.717) is 12.2 Å². The molecule has 1 aliphatic carbocycles. The van der Waals surface area contributed by atoms with Crippen LogP contribution in [-0.4, -0.2) is 30.7 Å². The molecule has 22 heavy (non-hydrogen) atoms. The summed E-state index contributed by atoms with van der Waals surface area (Å²) in [4.78, 5) is 12.4. The third-order valence-corrected chi connectivity index (χ3v) is 4.04. The Morgan fingerprint density at radius 3 is 2.50 bits per heavy atom. The van der Waals surface area contributed by atoms with Crippen LogP contribution < -0.4 is 0 Å². The first-order valence-corrected chi connectivity index (χ1v) is 7.28. The van der Waals surface area contributed by atoms with Gasteiger partial charge in [-0.2, -0.15) is 0 Å². The molecule has 0 aromatic heterocycles. The van der Waals surface area contributed by atoms with E-state index in [1.807, 2.05) is 0 Å². The minimum absolute atomic E-state index is 0.0366. The first kappa shape index (κ1) is 17.0. The van der Waals surface area contributed by atoms with Gasteiger partial charge in [-0.25, -0.2) is 0 Å². The highest BCUT2D eigenvalue weighted by atomic mass is 35.5. The minimum atomic E-state index is -0.837. The van der Waals surface area contributed by atoms with Gasteiger partial charge in [-0.3, -0.25) is 4.79 Å². The molecular weight excluding hydrogens is 327 g/mol. The third kappa shape index (κ3) is 3.20. The second kappa shape index (κ2) is 6.42. The van der Waals surface area contributed by atoms with Gasteiger partial charge in [0.15, 0.2) is 0 Å². The van der Waals surface area contributed by atoms with Gasteiger partial charge in [-0.05, 0) is 36.8 Å². The van der Waals surface area contributed by atoms with Crippen molar-refractivity contribution in [1.29, 1.82) is 0 Å². The van der Waals surface area contributed by atoms with Crippen molar-refractivity contribution >= 4 is 34.6 Å². The number of Topliss-reactive ketones (excluding diaryl/α,β-unsaturated/α-hetero) is 1. The van der Waals surface area contributed by atoms with Crippen molar-refractivity contribution in [2.24, 2.45) is 0 Å². The molecule has 6 heteroatoms. The second-order valence-corrected chi connectivity index (χ2v) is 5.99. The summed E-state index contributed by atoms with van der Waals surface area (Å²) < 4.78 is 10.4. The summed E-state index contributed by atoms with van der Waals surface area (Å²) in [7, 11) is 3.06. The minimum Gasteiger partial charge on any atom is -0.506 e. The van der Waals surface area contributed by atoms with Crippen LogP contribution in [0.25, 0.3) is 5.57 Å². The summed E-state index contributed by atoms with van der Waals surface area (Å²) in [6, 6.07) is 3.24. The number of hydrogen-bond donors (Lipinski definition) is 1. The number of ether oxygens (including phenoxy) is 2. The lowest BCUT2D eigenvalue weighted by Gasteiger charge is -2.26. The zero-order chi connectivity index (χ0) is 16.5. The Balaban J connectivity index is 2.61. The van der Waals surface area contributed by atoms with Crippen molar-refractivity contribution in [1.82, 2.24) is 0 Å². The van der Waals surface area contributed by atoms with Crippen molar-refractivity contribution in [3.8, 4) is 5.75 Å². The summed E-state index contributed by atoms with van der Waals surface area (Å²) in [5.74, 6) is -0.567. The van der Waals surface area contributed by atoms with Crippen LogP contribution in [0.4, 0.5) is 0 Å². The van der Waals surface area contributed by atoms with Crippen molar-refractivity contribution < 1.29 is 19.4 Å². The van der Waals surface area contributed by atoms with E-state index < -0.39 is 11.4 Å². The molecule has 1 N–H and O–H groups in total. The van der Waals surface area contributed by atoms with Crippen LogP contribution in [0.5, 0.6) is 5.75 Å². The van der Waals surface area contributed by atoms with Crippen LogP contribution in [0.1, 0.15) is 18.1 Å². The standard InChI is InChI=1S/C16H16Cl2O4/c1-16(22-3)6-11(15(20)13(18)7-16)10-4-9(8-21-2)5-12(17)14(10)19/h4-7,19H,8H2,1-3H3. The van der Waals surface area contributed by atoms with E-state index >= 15 is 0 Å². The number of allylic oxidation sites excluding steroid dienone is 2. The zero-order valence-electron chi connectivity index (χ0n) is 12.4. The van der Waals surface area contributed by atoms with E-state index in [2.05, 4.69) is 0 Å². The van der Waals surface area contributed by atoms with Gasteiger partial charge in [0, 0.05) is 25.4 Å². The summed E-state index contributed by atoms with van der Waals surface area (Å²) in [6.07, 6.45) is 3.14. The van der Waals surface area contributed by atoms with E-state index in [-0.39, 0.29) is 21.4 Å². The summed E-state index contributed by atoms with van der Waals surface area (Å²) in [6.45, 7) is 2.07. The number of hydrogen-bond acceptors (Lipinski definition) is 4. The molecule has 0 spiro atoms. The van der Waals surface area contributed by atoms with Crippen molar-refractivity contribution in [3.05, 3.63) is 45.5 Å². The molecule has 4 nitrogen and oxygen atoms in total. The predicted octanol–water partition coefficient (Wildman–Crippen LogP) is 3.69. The SMILES string of the molecule is COCc1cc(Cl)c(O)c(C2=CC(C)(OC)C=C(Cl)C2=O)c1. The van der Waals surface area contributed by atoms with Crippen LogP contribution in [0, 0.1) is 0 Å². The lowest BCUT2D eigenvalue weighted by Crippen LogP contribution is -2.27. The van der Waals surface area contributed by atoms with Gasteiger partial charge in [-0.15, -0.1) is 0 Å². The number of carbonyl (C=O) groups is 1. The number of carbonyl (C=O) groups excluding carboxylic acids is 1. The smallest absolute Gasteiger partial charge is 0.204 e. The molecule has 0 fully saturated rings. The van der Waals surface area contributed by atoms with Crippen LogP contribution in [0.3, 0.4) is 0 Å². The van der Waals surface area contributed by atoms with Crippen molar-refractivity contribution in [2.45, 2.75) is 19.1 Å². The summed E-state index contributed by atoms with van der Waals surface area (Å²) in [5, 5.41) is 10.4. The molecule has 1 aromatic carbocycles. The Bertz CT molecular complexity index is 679. The van der Waals surface area contributed by atoms with Crippen molar-refractivity contribution in [2.75, 3.05) is 14.2 Å². The maximum Gasteiger partial charge on any atom is 0.204 e. The van der Waals surface area contributed by atoms with Crippen LogP contribution in [-0.2, 0) is 20.9 Å². The van der Waals surface area contributed by atoms with Crippen LogP contribution in [0.2, 0.25) is 5.02 Å². The number of ketones is 1. The number of phenolic OH excluding ortho intramolecular Hbond substituents is 1. The molecule has 118 valence electrons. The molecule has 0 saturated carbocycles. The fraction of sp³-hybridized carbons (Fsp3) is 0.312. The number of rotatable bonds is 4. The number of aromatic hydroxyl groups is 1. The quantitative estimate of drug-likeness (QED) is 0.906. The van der Waals surface area contributed by atoms with E-state index in [1.165, 1.54) is 13.2 Å². The van der Waals surface area contributed by atoms with Gasteiger partial charge in [0.05, 0.1) is 16.7 Å². The molecule has 1 aromatic rings. The predicted molar refractivity (Wildman–Crippen MR) is 86.2 cm³/mol. The van der Waals surface area contributed by atoms with Crippen LogP contribution >= 0.6 is 23.2 Å². The lowest BCUT2D eigenvalue weighted by molar-refractivity contribution is -0.110. The zero-order valence-corrected chi connectivity index (χ0v) is 14.0. The Kier molecular flexibility index (Phi) is 4.97. The van der Waals surface area contributed by atoms with Gasteiger partial charge in [-0.1, -0.05) is 23.2 Å². The third-order valence-electron chi connectivity index (χ3n) is 3.47. The highest BCUT2D eigenvalue weighted by Crippen LogP contribution is 2.39. The fourth-order valence-electron chi connectivity index (χ4n) is 2.27. The molecule has 2 rings (SSSR count). The maximum atomic E-state index is 12.4.